The van der Waals surface area contributed by atoms with E-state index in [2.05, 4.69) is 26.1 Å². The molecule has 1 heterocycles. The number of rotatable bonds is 7. The van der Waals surface area contributed by atoms with Crippen molar-refractivity contribution in [3.8, 4) is 0 Å². The van der Waals surface area contributed by atoms with E-state index in [1.807, 2.05) is 6.92 Å². The van der Waals surface area contributed by atoms with Crippen LogP contribution < -0.4 is 0 Å². The molecule has 0 saturated carbocycles. The minimum absolute atomic E-state index is 0.223. The number of ether oxygens (including phenoxy) is 1. The van der Waals surface area contributed by atoms with Crippen LogP contribution in [0.5, 0.6) is 0 Å². The lowest BCUT2D eigenvalue weighted by Gasteiger charge is -2.00. The average Bonchev–Trinajstić information content (AvgIpc) is 2.71. The molecular weight excluding hydrogens is 302 g/mol. The zero-order valence-corrected chi connectivity index (χ0v) is 11.2. The van der Waals surface area contributed by atoms with Gasteiger partial charge in [0.15, 0.2) is 0 Å². The predicted molar refractivity (Wildman–Crippen MR) is 62.4 cm³/mol. The van der Waals surface area contributed by atoms with Crippen LogP contribution in [0.4, 0.5) is 8.78 Å². The highest BCUT2D eigenvalue weighted by Gasteiger charge is 2.11. The highest BCUT2D eigenvalue weighted by atomic mass is 79.9. The third-order valence-electron chi connectivity index (χ3n) is 1.81. The summed E-state index contributed by atoms with van der Waals surface area (Å²) in [6.45, 7) is 1.80. The number of hydrogen-bond donors (Lipinski definition) is 0. The number of halogens is 3. The molecule has 92 valence electrons. The maximum Gasteiger partial charge on any atom is 0.261 e. The first-order valence-electron chi connectivity index (χ1n) is 4.95. The Labute approximate surface area is 105 Å². The highest BCUT2D eigenvalue weighted by molar-refractivity contribution is 9.09. The maximum absolute atomic E-state index is 11.8. The molecule has 0 N–H and O–H groups in total. The minimum atomic E-state index is -2.41. The van der Waals surface area contributed by atoms with Crippen LogP contribution in [0, 0.1) is 0 Å². The summed E-state index contributed by atoms with van der Waals surface area (Å²) >= 11 is 4.96. The third-order valence-corrected chi connectivity index (χ3v) is 4.29. The fourth-order valence-electron chi connectivity index (χ4n) is 1.00. The van der Waals surface area contributed by atoms with Gasteiger partial charge in [-0.05, 0) is 6.42 Å². The van der Waals surface area contributed by atoms with Crippen LogP contribution in [-0.2, 0) is 11.2 Å². The van der Waals surface area contributed by atoms with Crippen LogP contribution in [0.3, 0.4) is 0 Å². The van der Waals surface area contributed by atoms with Crippen molar-refractivity contribution in [3.63, 3.8) is 0 Å². The second-order valence-electron chi connectivity index (χ2n) is 3.13. The molecule has 16 heavy (non-hydrogen) atoms. The summed E-state index contributed by atoms with van der Waals surface area (Å²) in [5.41, 5.74) is 0. The van der Waals surface area contributed by atoms with E-state index in [-0.39, 0.29) is 11.4 Å². The van der Waals surface area contributed by atoms with Crippen LogP contribution in [-0.4, -0.2) is 29.8 Å². The zero-order chi connectivity index (χ0) is 12.0. The molecule has 0 amide bonds. The predicted octanol–water partition coefficient (Wildman–Crippen LogP) is 3.21. The molecular formula is C9H13BrF2N2OS. The van der Waals surface area contributed by atoms with Crippen LogP contribution in [0.15, 0.2) is 0 Å². The van der Waals surface area contributed by atoms with Gasteiger partial charge in [-0.2, -0.15) is 0 Å². The molecule has 1 rings (SSSR count). The van der Waals surface area contributed by atoms with Crippen molar-refractivity contribution in [2.45, 2.75) is 31.0 Å². The number of hydrogen-bond acceptors (Lipinski definition) is 4. The van der Waals surface area contributed by atoms with E-state index in [0.29, 0.717) is 6.42 Å². The van der Waals surface area contributed by atoms with E-state index in [4.69, 9.17) is 4.74 Å². The van der Waals surface area contributed by atoms with Gasteiger partial charge in [-0.25, -0.2) is 8.78 Å². The van der Waals surface area contributed by atoms with Gasteiger partial charge in [0.2, 0.25) is 0 Å². The monoisotopic (exact) mass is 314 g/mol. The minimum Gasteiger partial charge on any atom is -0.375 e. The quantitative estimate of drug-likeness (QED) is 0.572. The van der Waals surface area contributed by atoms with Gasteiger partial charge in [0.1, 0.15) is 16.6 Å². The Balaban J connectivity index is 2.29. The van der Waals surface area contributed by atoms with Crippen molar-refractivity contribution in [3.05, 3.63) is 10.0 Å². The molecule has 3 nitrogen and oxygen atoms in total. The summed E-state index contributed by atoms with van der Waals surface area (Å²) in [6.07, 6.45) is -0.929. The smallest absolute Gasteiger partial charge is 0.261 e. The second kappa shape index (κ2) is 7.24. The summed E-state index contributed by atoms with van der Waals surface area (Å²) < 4.78 is 28.3. The number of alkyl halides is 3. The van der Waals surface area contributed by atoms with Crippen molar-refractivity contribution in [1.29, 1.82) is 0 Å². The largest absolute Gasteiger partial charge is 0.375 e. The number of nitrogens with zero attached hydrogens (tertiary/aromatic N) is 2. The van der Waals surface area contributed by atoms with Crippen molar-refractivity contribution >= 4 is 27.3 Å². The lowest BCUT2D eigenvalue weighted by molar-refractivity contribution is 0.0186. The van der Waals surface area contributed by atoms with Crippen molar-refractivity contribution in [2.24, 2.45) is 0 Å². The van der Waals surface area contributed by atoms with Gasteiger partial charge < -0.3 is 4.74 Å². The molecule has 1 aromatic heterocycles. The molecule has 1 unspecified atom stereocenters. The second-order valence-corrected chi connectivity index (χ2v) is 5.32. The van der Waals surface area contributed by atoms with E-state index >= 15 is 0 Å². The van der Waals surface area contributed by atoms with Gasteiger partial charge in [-0.1, -0.05) is 22.9 Å². The summed E-state index contributed by atoms with van der Waals surface area (Å²) in [4.78, 5) is 0.223. The van der Waals surface area contributed by atoms with E-state index in [1.165, 1.54) is 11.3 Å². The first-order valence-corrected chi connectivity index (χ1v) is 6.69. The molecule has 7 heteroatoms. The Morgan fingerprint density at radius 3 is 2.81 bits per heavy atom. The topological polar surface area (TPSA) is 35.0 Å². The van der Waals surface area contributed by atoms with Gasteiger partial charge in [0, 0.05) is 6.42 Å². The Hall–Kier alpha value is -0.140. The molecule has 1 atom stereocenters. The van der Waals surface area contributed by atoms with E-state index in [9.17, 15) is 8.78 Å². The van der Waals surface area contributed by atoms with Gasteiger partial charge in [-0.15, -0.1) is 21.5 Å². The maximum atomic E-state index is 11.8. The Morgan fingerprint density at radius 1 is 1.44 bits per heavy atom. The van der Waals surface area contributed by atoms with Crippen LogP contribution in [0.25, 0.3) is 0 Å². The van der Waals surface area contributed by atoms with Gasteiger partial charge >= 0.3 is 0 Å². The van der Waals surface area contributed by atoms with Crippen molar-refractivity contribution in [2.75, 3.05) is 13.2 Å². The van der Waals surface area contributed by atoms with E-state index in [1.54, 1.807) is 0 Å². The fourth-order valence-corrected chi connectivity index (χ4v) is 2.26. The third kappa shape index (κ3) is 4.80. The SMILES string of the molecule is CCC(Br)c1nnc(CCOCC(F)F)s1. The molecule has 0 bridgehead atoms. The molecule has 0 aliphatic rings. The van der Waals surface area contributed by atoms with Gasteiger partial charge in [0.05, 0.1) is 11.4 Å². The molecule has 0 aliphatic heterocycles. The van der Waals surface area contributed by atoms with E-state index in [0.717, 1.165) is 16.4 Å². The lowest BCUT2D eigenvalue weighted by atomic mass is 10.4. The lowest BCUT2D eigenvalue weighted by Crippen LogP contribution is -2.06. The fraction of sp³-hybridized carbons (Fsp3) is 0.778. The average molecular weight is 315 g/mol. The van der Waals surface area contributed by atoms with Crippen LogP contribution in [0.2, 0.25) is 0 Å². The van der Waals surface area contributed by atoms with Crippen LogP contribution >= 0.6 is 27.3 Å². The molecule has 1 aromatic rings. The Kier molecular flexibility index (Phi) is 6.30. The first-order chi connectivity index (χ1) is 7.63. The van der Waals surface area contributed by atoms with Crippen molar-refractivity contribution < 1.29 is 13.5 Å². The Bertz CT molecular complexity index is 311. The standard InChI is InChI=1S/C9H13BrF2N2OS/c1-2-6(10)9-14-13-8(16-9)3-4-15-5-7(11)12/h6-7H,2-5H2,1H3. The molecule has 0 fully saturated rings. The van der Waals surface area contributed by atoms with Gasteiger partial charge in [-0.3, -0.25) is 0 Å². The summed E-state index contributed by atoms with van der Waals surface area (Å²) in [5, 5.41) is 9.74. The summed E-state index contributed by atoms with van der Waals surface area (Å²) in [6, 6.07) is 0. The number of aromatic nitrogens is 2. The molecule has 0 spiro atoms. The first kappa shape index (κ1) is 13.9. The molecule has 0 radical (unpaired) electrons. The van der Waals surface area contributed by atoms with Crippen LogP contribution in [0.1, 0.15) is 28.2 Å². The highest BCUT2D eigenvalue weighted by Crippen LogP contribution is 2.28. The Morgan fingerprint density at radius 2 is 2.19 bits per heavy atom. The zero-order valence-electron chi connectivity index (χ0n) is 8.83. The summed E-state index contributed by atoms with van der Waals surface area (Å²) in [5.74, 6) is 0. The normalized spacial score (nSPS) is 13.3. The molecule has 0 aliphatic carbocycles. The van der Waals surface area contributed by atoms with Gasteiger partial charge in [0.25, 0.3) is 6.43 Å². The molecule has 0 aromatic carbocycles. The molecule has 0 saturated heterocycles. The summed E-state index contributed by atoms with van der Waals surface area (Å²) in [7, 11) is 0. The van der Waals surface area contributed by atoms with Crippen molar-refractivity contribution in [1.82, 2.24) is 10.2 Å². The van der Waals surface area contributed by atoms with E-state index < -0.39 is 13.0 Å².